The van der Waals surface area contributed by atoms with Crippen molar-refractivity contribution in [1.82, 2.24) is 0 Å². The fourth-order valence-electron chi connectivity index (χ4n) is 0.815. The zero-order valence-electron chi connectivity index (χ0n) is 6.68. The molecule has 0 aromatic heterocycles. The molecule has 0 radical (unpaired) electrons. The summed E-state index contributed by atoms with van der Waals surface area (Å²) in [6, 6.07) is 5.43. The first kappa shape index (κ1) is 11.1. The molecule has 5 nitrogen and oxygen atoms in total. The Morgan fingerprint density at radius 1 is 1.36 bits per heavy atom. The maximum atomic E-state index is 10.8. The Morgan fingerprint density at radius 3 is 2.43 bits per heavy atom. The maximum absolute atomic E-state index is 10.8. The van der Waals surface area contributed by atoms with Crippen LogP contribution in [-0.4, -0.2) is 22.8 Å². The summed E-state index contributed by atoms with van der Waals surface area (Å²) in [7, 11) is 0. The number of halogens is 1. The van der Waals surface area contributed by atoms with Gasteiger partial charge in [0.05, 0.1) is 0 Å². The van der Waals surface area contributed by atoms with E-state index in [1.165, 1.54) is 24.3 Å². The van der Waals surface area contributed by atoms with Crippen molar-refractivity contribution in [2.75, 3.05) is 0 Å². The zero-order chi connectivity index (χ0) is 10.8. The van der Waals surface area contributed by atoms with E-state index in [0.717, 1.165) is 0 Å². The van der Waals surface area contributed by atoms with Crippen LogP contribution in [0.1, 0.15) is 10.4 Å². The van der Waals surface area contributed by atoms with Gasteiger partial charge in [0.25, 0.3) is 0 Å². The van der Waals surface area contributed by atoms with Crippen molar-refractivity contribution in [3.8, 4) is 5.75 Å². The molecule has 14 heavy (non-hydrogen) atoms. The molecule has 0 atom stereocenters. The molecule has 0 aliphatic rings. The van der Waals surface area contributed by atoms with Crippen molar-refractivity contribution in [3.05, 3.63) is 29.8 Å². The third-order valence-corrected chi connectivity index (χ3v) is 2.32. The molecule has 76 valence electrons. The second-order valence-corrected chi connectivity index (χ2v) is 4.77. The van der Waals surface area contributed by atoms with Crippen LogP contribution in [0.25, 0.3) is 0 Å². The van der Waals surface area contributed by atoms with Gasteiger partial charge in [0.2, 0.25) is 0 Å². The monoisotopic (exact) mass is 284 g/mol. The van der Waals surface area contributed by atoms with Crippen molar-refractivity contribution >= 4 is 30.2 Å². The van der Waals surface area contributed by atoms with E-state index >= 15 is 0 Å². The van der Waals surface area contributed by atoms with Crippen LogP contribution >= 0.6 is 11.6 Å². The van der Waals surface area contributed by atoms with Gasteiger partial charge in [-0.25, -0.2) is 0 Å². The normalized spacial score (nSPS) is 11.0. The van der Waals surface area contributed by atoms with E-state index in [1.54, 1.807) is 0 Å². The van der Waals surface area contributed by atoms with Gasteiger partial charge in [0, 0.05) is 0 Å². The third-order valence-electron chi connectivity index (χ3n) is 1.29. The molecule has 0 aliphatic heterocycles. The van der Waals surface area contributed by atoms with E-state index in [-0.39, 0.29) is 11.3 Å². The second-order valence-electron chi connectivity index (χ2n) is 2.28. The number of carbonyl (C=O) groups is 1. The Labute approximate surface area is 86.5 Å². The number of hydrogen-bond donors (Lipinski definition) is 1. The molecule has 1 aromatic carbocycles. The summed E-state index contributed by atoms with van der Waals surface area (Å²) >= 11 is -0.206. The number of benzene rings is 1. The van der Waals surface area contributed by atoms with E-state index in [1.807, 2.05) is 0 Å². The van der Waals surface area contributed by atoms with Crippen LogP contribution in [-0.2, 0) is 7.67 Å². The molecule has 1 rings (SSSR count). The second kappa shape index (κ2) is 4.06. The number of hydrogen-bond acceptors (Lipinski definition) is 4. The van der Waals surface area contributed by atoms with Crippen molar-refractivity contribution < 1.29 is 20.5 Å². The minimum absolute atomic E-state index is 0.114. The van der Waals surface area contributed by atoms with Crippen molar-refractivity contribution in [2.45, 2.75) is 0 Å². The van der Waals surface area contributed by atoms with Crippen molar-refractivity contribution in [2.24, 2.45) is 0 Å². The molecule has 0 unspecified atom stereocenters. The van der Waals surface area contributed by atoms with Gasteiger partial charge in [-0.15, -0.1) is 0 Å². The summed E-state index contributed by atoms with van der Waals surface area (Å²) in [4.78, 5) is 10.8. The van der Waals surface area contributed by atoms with Crippen molar-refractivity contribution in [1.29, 1.82) is 0 Å². The van der Waals surface area contributed by atoms with E-state index in [2.05, 4.69) is 3.82 Å². The van der Waals surface area contributed by atoms with Gasteiger partial charge in [0.15, 0.2) is 0 Å². The molecule has 1 aromatic rings. The van der Waals surface area contributed by atoms with Crippen LogP contribution < -0.4 is 3.82 Å². The summed E-state index contributed by atoms with van der Waals surface area (Å²) < 4.78 is 33.5. The first-order chi connectivity index (χ1) is 6.40. The van der Waals surface area contributed by atoms with Crippen LogP contribution in [0.4, 0.5) is 0 Å². The van der Waals surface area contributed by atoms with Gasteiger partial charge >= 0.3 is 86.3 Å². The number of rotatable bonds is 3. The number of para-hydroxylation sites is 1. The molecule has 0 saturated heterocycles. The molecule has 0 bridgehead atoms. The third kappa shape index (κ3) is 3.08. The van der Waals surface area contributed by atoms with Gasteiger partial charge in [-0.3, -0.25) is 0 Å². The first-order valence-corrected chi connectivity index (χ1v) is 6.60. The summed E-state index contributed by atoms with van der Waals surface area (Å²) in [5.74, 6) is -0.278. The molecular weight excluding hydrogens is 278 g/mol. The van der Waals surface area contributed by atoms with Gasteiger partial charge in [-0.05, 0) is 0 Å². The Hall–Kier alpha value is -0.941. The van der Waals surface area contributed by atoms with E-state index in [0.29, 0.717) is 0 Å². The van der Waals surface area contributed by atoms with Crippen LogP contribution in [0, 0.1) is 0 Å². The average molecular weight is 284 g/mol. The molecular formula is C7H5ClO5Se. The molecule has 0 aliphatic carbocycles. The van der Waals surface area contributed by atoms with Gasteiger partial charge in [0.1, 0.15) is 0 Å². The van der Waals surface area contributed by atoms with Crippen molar-refractivity contribution in [3.63, 3.8) is 0 Å². The van der Waals surface area contributed by atoms with Gasteiger partial charge < -0.3 is 0 Å². The minimum atomic E-state index is -5.36. The quantitative estimate of drug-likeness (QED) is 0.653. The van der Waals surface area contributed by atoms with E-state index < -0.39 is 18.6 Å². The molecule has 0 fully saturated rings. The predicted octanol–water partition coefficient (Wildman–Crippen LogP) is 0.733. The Morgan fingerprint density at radius 2 is 1.93 bits per heavy atom. The van der Waals surface area contributed by atoms with Crippen LogP contribution in [0.2, 0.25) is 0 Å². The average Bonchev–Trinajstić information content (AvgIpc) is 2.01. The van der Waals surface area contributed by atoms with Crippen LogP contribution in [0.15, 0.2) is 24.3 Å². The summed E-state index contributed by atoms with van der Waals surface area (Å²) in [6.07, 6.45) is 0. The fraction of sp³-hybridized carbons (Fsp3) is 0. The molecule has 0 heterocycles. The Balaban J connectivity index is 3.15. The predicted molar refractivity (Wildman–Crippen MR) is 46.6 cm³/mol. The van der Waals surface area contributed by atoms with Crippen LogP contribution in [0.5, 0.6) is 5.75 Å². The van der Waals surface area contributed by atoms with E-state index in [9.17, 15) is 12.5 Å². The summed E-state index contributed by atoms with van der Waals surface area (Å²) in [5, 5.41) is -0.859. The summed E-state index contributed by atoms with van der Waals surface area (Å²) in [5.41, 5.74) is -0.114. The molecule has 1 N–H and O–H groups in total. The Bertz CT molecular complexity index is 453. The van der Waals surface area contributed by atoms with Crippen LogP contribution in [0.3, 0.4) is 0 Å². The van der Waals surface area contributed by atoms with Gasteiger partial charge in [-0.2, -0.15) is 0 Å². The molecule has 0 saturated carbocycles. The Kier molecular flexibility index (Phi) is 3.23. The van der Waals surface area contributed by atoms with Gasteiger partial charge in [-0.1, -0.05) is 0 Å². The summed E-state index contributed by atoms with van der Waals surface area (Å²) in [6.45, 7) is 0. The molecule has 0 spiro atoms. The number of carbonyl (C=O) groups excluding carboxylic acids is 1. The topological polar surface area (TPSA) is 80.7 Å². The standard InChI is InChI=1S/C7H5ClO5Se/c8-7(9)5-3-1-2-4-6(5)13-14(10,11)12/h1-4H,(H,10,11,12). The van der Waals surface area contributed by atoms with E-state index in [4.69, 9.17) is 15.8 Å². The molecule has 0 amide bonds. The fourth-order valence-corrected chi connectivity index (χ4v) is 1.75. The molecule has 7 heteroatoms. The SMILES string of the molecule is O=C(Cl)c1ccccc1O[Se](=O)(=O)O. The zero-order valence-corrected chi connectivity index (χ0v) is 9.14. The first-order valence-electron chi connectivity index (χ1n) is 3.36.